The van der Waals surface area contributed by atoms with E-state index >= 15 is 0 Å². The number of rotatable bonds is 3. The van der Waals surface area contributed by atoms with Gasteiger partial charge < -0.3 is 9.73 Å². The molecule has 0 atom stereocenters. The van der Waals surface area contributed by atoms with E-state index in [1.54, 1.807) is 0 Å². The van der Waals surface area contributed by atoms with E-state index in [0.717, 1.165) is 12.1 Å². The molecule has 0 radical (unpaired) electrons. The molecule has 0 aliphatic rings. The second-order valence-corrected chi connectivity index (χ2v) is 3.33. The van der Waals surface area contributed by atoms with Crippen LogP contribution in [0.5, 0.6) is 0 Å². The van der Waals surface area contributed by atoms with Crippen molar-refractivity contribution in [3.63, 3.8) is 0 Å². The third kappa shape index (κ3) is 2.87. The van der Waals surface area contributed by atoms with Crippen molar-refractivity contribution in [2.24, 2.45) is 0 Å². The number of benzene rings is 1. The summed E-state index contributed by atoms with van der Waals surface area (Å²) in [5, 5.41) is 2.31. The van der Waals surface area contributed by atoms with E-state index in [4.69, 9.17) is 4.42 Å². The molecule has 4 nitrogen and oxygen atoms in total. The number of nitrogens with one attached hydrogen (secondary N) is 1. The van der Waals surface area contributed by atoms with Crippen LogP contribution in [-0.2, 0) is 11.2 Å². The van der Waals surface area contributed by atoms with E-state index < -0.39 is 17.5 Å². The van der Waals surface area contributed by atoms with E-state index in [1.165, 1.54) is 12.7 Å². The molecule has 0 fully saturated rings. The summed E-state index contributed by atoms with van der Waals surface area (Å²) in [7, 11) is 0. The SMILES string of the molecule is O=C(Cc1cocn1)Nc1ccc(F)cc1F. The van der Waals surface area contributed by atoms with Gasteiger partial charge >= 0.3 is 0 Å². The van der Waals surface area contributed by atoms with Crippen molar-refractivity contribution >= 4 is 11.6 Å². The Kier molecular flexibility index (Phi) is 3.13. The van der Waals surface area contributed by atoms with Crippen molar-refractivity contribution in [3.05, 3.63) is 48.2 Å². The van der Waals surface area contributed by atoms with Crippen LogP contribution in [0.4, 0.5) is 14.5 Å². The van der Waals surface area contributed by atoms with Gasteiger partial charge in [-0.1, -0.05) is 0 Å². The van der Waals surface area contributed by atoms with Crippen molar-refractivity contribution in [1.29, 1.82) is 0 Å². The fraction of sp³-hybridized carbons (Fsp3) is 0.0909. The number of hydrogen-bond donors (Lipinski definition) is 1. The van der Waals surface area contributed by atoms with Gasteiger partial charge in [-0.05, 0) is 12.1 Å². The van der Waals surface area contributed by atoms with E-state index in [9.17, 15) is 13.6 Å². The van der Waals surface area contributed by atoms with Crippen molar-refractivity contribution in [3.8, 4) is 0 Å². The second-order valence-electron chi connectivity index (χ2n) is 3.33. The molecule has 1 amide bonds. The highest BCUT2D eigenvalue weighted by atomic mass is 19.1. The standard InChI is InChI=1S/C11H8F2N2O2/c12-7-1-2-10(9(13)3-7)15-11(16)4-8-5-17-6-14-8/h1-3,5-6H,4H2,(H,15,16). The quantitative estimate of drug-likeness (QED) is 0.891. The minimum absolute atomic E-state index is 0.0344. The van der Waals surface area contributed by atoms with Crippen LogP contribution >= 0.6 is 0 Å². The van der Waals surface area contributed by atoms with Gasteiger partial charge in [0.25, 0.3) is 0 Å². The number of anilines is 1. The van der Waals surface area contributed by atoms with Gasteiger partial charge in [0.1, 0.15) is 17.9 Å². The van der Waals surface area contributed by atoms with Gasteiger partial charge in [0.05, 0.1) is 17.8 Å². The molecule has 0 saturated carbocycles. The average Bonchev–Trinajstić information content (AvgIpc) is 2.75. The molecular formula is C11H8F2N2O2. The van der Waals surface area contributed by atoms with Crippen molar-refractivity contribution in [2.75, 3.05) is 5.32 Å². The molecule has 17 heavy (non-hydrogen) atoms. The Morgan fingerprint density at radius 1 is 1.41 bits per heavy atom. The normalized spacial score (nSPS) is 10.2. The second kappa shape index (κ2) is 4.73. The van der Waals surface area contributed by atoms with E-state index in [-0.39, 0.29) is 12.1 Å². The summed E-state index contributed by atoms with van der Waals surface area (Å²) in [4.78, 5) is 15.2. The first-order valence-corrected chi connectivity index (χ1v) is 4.77. The molecule has 2 aromatic rings. The zero-order valence-corrected chi connectivity index (χ0v) is 8.61. The molecule has 0 bridgehead atoms. The van der Waals surface area contributed by atoms with Crippen LogP contribution in [0.25, 0.3) is 0 Å². The van der Waals surface area contributed by atoms with Crippen molar-refractivity contribution < 1.29 is 18.0 Å². The summed E-state index contributed by atoms with van der Waals surface area (Å²) in [6.07, 6.45) is 2.48. The molecule has 88 valence electrons. The van der Waals surface area contributed by atoms with Gasteiger partial charge in [0.2, 0.25) is 5.91 Å². The predicted molar refractivity (Wildman–Crippen MR) is 55.2 cm³/mol. The third-order valence-electron chi connectivity index (χ3n) is 2.03. The molecular weight excluding hydrogens is 230 g/mol. The maximum absolute atomic E-state index is 13.2. The molecule has 1 N–H and O–H groups in total. The number of carbonyl (C=O) groups is 1. The Balaban J connectivity index is 2.03. The average molecular weight is 238 g/mol. The van der Waals surface area contributed by atoms with Gasteiger partial charge in [0.15, 0.2) is 6.39 Å². The molecule has 0 saturated heterocycles. The van der Waals surface area contributed by atoms with Crippen LogP contribution in [0, 0.1) is 11.6 Å². The Morgan fingerprint density at radius 3 is 2.88 bits per heavy atom. The molecule has 0 spiro atoms. The smallest absolute Gasteiger partial charge is 0.230 e. The summed E-state index contributed by atoms with van der Waals surface area (Å²) >= 11 is 0. The van der Waals surface area contributed by atoms with E-state index in [2.05, 4.69) is 10.3 Å². The van der Waals surface area contributed by atoms with Crippen LogP contribution in [0.2, 0.25) is 0 Å². The fourth-order valence-electron chi connectivity index (χ4n) is 1.27. The summed E-state index contributed by atoms with van der Waals surface area (Å²) < 4.78 is 30.5. The lowest BCUT2D eigenvalue weighted by molar-refractivity contribution is -0.115. The Bertz CT molecular complexity index is 526. The molecule has 1 heterocycles. The summed E-state index contributed by atoms with van der Waals surface area (Å²) in [5.41, 5.74) is 0.366. The Morgan fingerprint density at radius 2 is 2.24 bits per heavy atom. The van der Waals surface area contributed by atoms with E-state index in [0.29, 0.717) is 11.8 Å². The van der Waals surface area contributed by atoms with Crippen LogP contribution in [0.1, 0.15) is 5.69 Å². The van der Waals surface area contributed by atoms with Crippen LogP contribution in [0.15, 0.2) is 35.3 Å². The lowest BCUT2D eigenvalue weighted by Crippen LogP contribution is -2.15. The Labute approximate surface area is 95.3 Å². The third-order valence-corrected chi connectivity index (χ3v) is 2.03. The van der Waals surface area contributed by atoms with E-state index in [1.807, 2.05) is 0 Å². The first-order valence-electron chi connectivity index (χ1n) is 4.77. The lowest BCUT2D eigenvalue weighted by Gasteiger charge is -2.04. The van der Waals surface area contributed by atoms with Crippen LogP contribution < -0.4 is 5.32 Å². The molecule has 1 aromatic heterocycles. The highest BCUT2D eigenvalue weighted by Gasteiger charge is 2.09. The molecule has 2 rings (SSSR count). The van der Waals surface area contributed by atoms with Gasteiger partial charge in [-0.15, -0.1) is 0 Å². The zero-order chi connectivity index (χ0) is 12.3. The number of carbonyl (C=O) groups excluding carboxylic acids is 1. The lowest BCUT2D eigenvalue weighted by atomic mass is 10.2. The molecule has 6 heteroatoms. The van der Waals surface area contributed by atoms with Crippen LogP contribution in [0.3, 0.4) is 0 Å². The number of nitrogens with zero attached hydrogens (tertiary/aromatic N) is 1. The van der Waals surface area contributed by atoms with Gasteiger partial charge in [-0.25, -0.2) is 13.8 Å². The topological polar surface area (TPSA) is 55.1 Å². The molecule has 0 aliphatic heterocycles. The number of hydrogen-bond acceptors (Lipinski definition) is 3. The fourth-order valence-corrected chi connectivity index (χ4v) is 1.27. The highest BCUT2D eigenvalue weighted by Crippen LogP contribution is 2.15. The number of aromatic nitrogens is 1. The monoisotopic (exact) mass is 238 g/mol. The molecule has 1 aromatic carbocycles. The maximum atomic E-state index is 13.2. The van der Waals surface area contributed by atoms with Gasteiger partial charge in [-0.3, -0.25) is 4.79 Å². The van der Waals surface area contributed by atoms with Crippen molar-refractivity contribution in [1.82, 2.24) is 4.98 Å². The number of oxazole rings is 1. The summed E-state index contributed by atoms with van der Waals surface area (Å²) in [6.45, 7) is 0. The largest absolute Gasteiger partial charge is 0.451 e. The zero-order valence-electron chi connectivity index (χ0n) is 8.61. The minimum Gasteiger partial charge on any atom is -0.451 e. The van der Waals surface area contributed by atoms with Gasteiger partial charge in [-0.2, -0.15) is 0 Å². The van der Waals surface area contributed by atoms with Crippen LogP contribution in [-0.4, -0.2) is 10.9 Å². The number of halogens is 2. The van der Waals surface area contributed by atoms with Crippen molar-refractivity contribution in [2.45, 2.75) is 6.42 Å². The van der Waals surface area contributed by atoms with Gasteiger partial charge in [0, 0.05) is 6.07 Å². The minimum atomic E-state index is -0.821. The summed E-state index contributed by atoms with van der Waals surface area (Å²) in [5.74, 6) is -1.97. The highest BCUT2D eigenvalue weighted by molar-refractivity contribution is 5.92. The number of amides is 1. The predicted octanol–water partition coefficient (Wildman–Crippen LogP) is 2.13. The summed E-state index contributed by atoms with van der Waals surface area (Å²) in [6, 6.07) is 2.92. The first kappa shape index (κ1) is 11.3. The maximum Gasteiger partial charge on any atom is 0.230 e. The molecule has 0 aliphatic carbocycles. The molecule has 0 unspecified atom stereocenters. The first-order chi connectivity index (χ1) is 8.15. The Hall–Kier alpha value is -2.24.